The van der Waals surface area contributed by atoms with Crippen LogP contribution in [-0.2, 0) is 0 Å². The van der Waals surface area contributed by atoms with Crippen LogP contribution in [0.3, 0.4) is 0 Å². The Labute approximate surface area is 136 Å². The second kappa shape index (κ2) is 6.36. The molecule has 4 heteroatoms. The molecule has 1 heterocycles. The highest BCUT2D eigenvalue weighted by Crippen LogP contribution is 2.22. The predicted octanol–water partition coefficient (Wildman–Crippen LogP) is 3.20. The first-order valence-corrected chi connectivity index (χ1v) is 7.95. The Morgan fingerprint density at radius 3 is 2.41 bits per heavy atom. The second-order valence-electron chi connectivity index (χ2n) is 5.64. The third-order valence-electron chi connectivity index (χ3n) is 4.07. The monoisotopic (exact) mass is 312 g/mol. The van der Waals surface area contributed by atoms with E-state index >= 15 is 0 Å². The third-order valence-corrected chi connectivity index (χ3v) is 4.55. The number of hydrogen-bond donors (Lipinski definition) is 1. The molecule has 3 rings (SSSR count). The van der Waals surface area contributed by atoms with Gasteiger partial charge in [0.05, 0.1) is 5.56 Å². The summed E-state index contributed by atoms with van der Waals surface area (Å²) in [5.41, 5.74) is 3.30. The second-order valence-corrected chi connectivity index (χ2v) is 6.02. The van der Waals surface area contributed by atoms with Crippen LogP contribution in [0.5, 0.6) is 5.75 Å². The molecule has 2 aromatic rings. The number of aryl methyl sites for hydroxylation is 1. The Balaban J connectivity index is 1.67. The topological polar surface area (TPSA) is 26.7 Å². The summed E-state index contributed by atoms with van der Waals surface area (Å²) in [6, 6.07) is 15.9. The molecule has 1 aliphatic heterocycles. The standard InChI is InChI=1S/C18H20N2OS/c1-14-5-4-6-15(13-14)19-9-11-20(12-10-19)18(22)16-7-2-3-8-17(16)21/h2-8,13,21H,9-12H2,1H3. The number of piperazine rings is 1. The Morgan fingerprint density at radius 2 is 1.73 bits per heavy atom. The van der Waals surface area contributed by atoms with E-state index in [1.807, 2.05) is 18.2 Å². The summed E-state index contributed by atoms with van der Waals surface area (Å²) in [6.07, 6.45) is 0. The number of benzene rings is 2. The highest BCUT2D eigenvalue weighted by Gasteiger charge is 2.21. The fourth-order valence-corrected chi connectivity index (χ4v) is 3.17. The van der Waals surface area contributed by atoms with E-state index in [-0.39, 0.29) is 5.75 Å². The fourth-order valence-electron chi connectivity index (χ4n) is 2.82. The Kier molecular flexibility index (Phi) is 4.29. The van der Waals surface area contributed by atoms with Crippen molar-refractivity contribution in [2.45, 2.75) is 6.92 Å². The van der Waals surface area contributed by atoms with Crippen LogP contribution in [0.4, 0.5) is 5.69 Å². The Hall–Kier alpha value is -2.07. The number of hydrogen-bond acceptors (Lipinski definition) is 3. The van der Waals surface area contributed by atoms with E-state index in [0.717, 1.165) is 36.7 Å². The van der Waals surface area contributed by atoms with Crippen LogP contribution < -0.4 is 4.90 Å². The van der Waals surface area contributed by atoms with E-state index in [1.165, 1.54) is 11.3 Å². The van der Waals surface area contributed by atoms with Crippen LogP contribution in [0.25, 0.3) is 0 Å². The fraction of sp³-hybridized carbons (Fsp3) is 0.278. The van der Waals surface area contributed by atoms with Gasteiger partial charge < -0.3 is 14.9 Å². The van der Waals surface area contributed by atoms with E-state index in [4.69, 9.17) is 12.2 Å². The van der Waals surface area contributed by atoms with Crippen molar-refractivity contribution in [3.63, 3.8) is 0 Å². The predicted molar refractivity (Wildman–Crippen MR) is 94.8 cm³/mol. The number of anilines is 1. The van der Waals surface area contributed by atoms with Crippen molar-refractivity contribution in [3.05, 3.63) is 59.7 Å². The number of para-hydroxylation sites is 1. The lowest BCUT2D eigenvalue weighted by atomic mass is 10.1. The van der Waals surface area contributed by atoms with Gasteiger partial charge in [0.2, 0.25) is 0 Å². The van der Waals surface area contributed by atoms with Gasteiger partial charge in [0, 0.05) is 31.9 Å². The molecule has 0 spiro atoms. The minimum atomic E-state index is 0.258. The zero-order chi connectivity index (χ0) is 15.5. The molecule has 0 bridgehead atoms. The van der Waals surface area contributed by atoms with Crippen molar-refractivity contribution >= 4 is 22.9 Å². The van der Waals surface area contributed by atoms with Crippen LogP contribution in [0, 0.1) is 6.92 Å². The van der Waals surface area contributed by atoms with Gasteiger partial charge in [0.15, 0.2) is 0 Å². The lowest BCUT2D eigenvalue weighted by Crippen LogP contribution is -2.48. The maximum absolute atomic E-state index is 9.95. The van der Waals surface area contributed by atoms with Crippen LogP contribution in [0.15, 0.2) is 48.5 Å². The molecule has 0 saturated carbocycles. The summed E-state index contributed by atoms with van der Waals surface area (Å²) in [5.74, 6) is 0.258. The van der Waals surface area contributed by atoms with Crippen molar-refractivity contribution in [3.8, 4) is 5.75 Å². The van der Waals surface area contributed by atoms with E-state index in [1.54, 1.807) is 6.07 Å². The maximum Gasteiger partial charge on any atom is 0.125 e. The normalized spacial score (nSPS) is 15.0. The molecule has 0 atom stereocenters. The van der Waals surface area contributed by atoms with Crippen molar-refractivity contribution in [2.75, 3.05) is 31.1 Å². The van der Waals surface area contributed by atoms with Crippen molar-refractivity contribution in [1.82, 2.24) is 4.90 Å². The van der Waals surface area contributed by atoms with Gasteiger partial charge in [-0.3, -0.25) is 0 Å². The molecule has 0 amide bonds. The van der Waals surface area contributed by atoms with Gasteiger partial charge in [0.25, 0.3) is 0 Å². The Morgan fingerprint density at radius 1 is 1.00 bits per heavy atom. The molecule has 0 aliphatic carbocycles. The van der Waals surface area contributed by atoms with Gasteiger partial charge in [-0.1, -0.05) is 36.5 Å². The summed E-state index contributed by atoms with van der Waals surface area (Å²) < 4.78 is 0. The van der Waals surface area contributed by atoms with Gasteiger partial charge in [-0.25, -0.2) is 0 Å². The molecule has 3 nitrogen and oxygen atoms in total. The lowest BCUT2D eigenvalue weighted by Gasteiger charge is -2.37. The van der Waals surface area contributed by atoms with E-state index in [2.05, 4.69) is 41.0 Å². The number of phenolic OH excluding ortho intramolecular Hbond substituents is 1. The molecule has 1 N–H and O–H groups in total. The van der Waals surface area contributed by atoms with Crippen LogP contribution >= 0.6 is 12.2 Å². The van der Waals surface area contributed by atoms with Crippen molar-refractivity contribution in [1.29, 1.82) is 0 Å². The van der Waals surface area contributed by atoms with Gasteiger partial charge >= 0.3 is 0 Å². The molecule has 1 saturated heterocycles. The number of thiocarbonyl (C=S) groups is 1. The summed E-state index contributed by atoms with van der Waals surface area (Å²) in [5, 5.41) is 9.95. The van der Waals surface area contributed by atoms with Crippen LogP contribution in [0.2, 0.25) is 0 Å². The maximum atomic E-state index is 9.95. The molecule has 1 fully saturated rings. The van der Waals surface area contributed by atoms with E-state index < -0.39 is 0 Å². The zero-order valence-electron chi connectivity index (χ0n) is 12.7. The number of nitrogens with zero attached hydrogens (tertiary/aromatic N) is 2. The van der Waals surface area contributed by atoms with Crippen molar-refractivity contribution < 1.29 is 5.11 Å². The molecule has 22 heavy (non-hydrogen) atoms. The first-order chi connectivity index (χ1) is 10.6. The number of rotatable bonds is 2. The lowest BCUT2D eigenvalue weighted by molar-refractivity contribution is 0.390. The largest absolute Gasteiger partial charge is 0.507 e. The number of phenols is 1. The van der Waals surface area contributed by atoms with E-state index in [9.17, 15) is 5.11 Å². The molecule has 0 aromatic heterocycles. The SMILES string of the molecule is Cc1cccc(N2CCN(C(=S)c3ccccc3O)CC2)c1. The van der Waals surface area contributed by atoms with Crippen LogP contribution in [0.1, 0.15) is 11.1 Å². The average molecular weight is 312 g/mol. The highest BCUT2D eigenvalue weighted by atomic mass is 32.1. The van der Waals surface area contributed by atoms with E-state index in [0.29, 0.717) is 0 Å². The van der Waals surface area contributed by atoms with Gasteiger partial charge in [-0.2, -0.15) is 0 Å². The molecule has 1 aliphatic rings. The first-order valence-electron chi connectivity index (χ1n) is 7.54. The molecular formula is C18H20N2OS. The van der Waals surface area contributed by atoms with Gasteiger partial charge in [-0.15, -0.1) is 0 Å². The first kappa shape index (κ1) is 14.9. The van der Waals surface area contributed by atoms with Crippen LogP contribution in [-0.4, -0.2) is 41.2 Å². The highest BCUT2D eigenvalue weighted by molar-refractivity contribution is 7.80. The minimum absolute atomic E-state index is 0.258. The van der Waals surface area contributed by atoms with Gasteiger partial charge in [-0.05, 0) is 36.8 Å². The van der Waals surface area contributed by atoms with Gasteiger partial charge in [0.1, 0.15) is 10.7 Å². The minimum Gasteiger partial charge on any atom is -0.507 e. The summed E-state index contributed by atoms with van der Waals surface area (Å²) in [4.78, 5) is 5.30. The molecule has 2 aromatic carbocycles. The van der Waals surface area contributed by atoms with Crippen molar-refractivity contribution in [2.24, 2.45) is 0 Å². The quantitative estimate of drug-likeness (QED) is 0.862. The Bertz CT molecular complexity index is 678. The number of aromatic hydroxyl groups is 1. The summed E-state index contributed by atoms with van der Waals surface area (Å²) >= 11 is 5.55. The smallest absolute Gasteiger partial charge is 0.125 e. The average Bonchev–Trinajstić information content (AvgIpc) is 2.55. The third kappa shape index (κ3) is 3.07. The zero-order valence-corrected chi connectivity index (χ0v) is 13.5. The molecule has 0 unspecified atom stereocenters. The summed E-state index contributed by atoms with van der Waals surface area (Å²) in [6.45, 7) is 5.75. The molecule has 114 valence electrons. The molecular weight excluding hydrogens is 292 g/mol. The molecule has 0 radical (unpaired) electrons. The summed E-state index contributed by atoms with van der Waals surface area (Å²) in [7, 11) is 0.